The van der Waals surface area contributed by atoms with Crippen LogP contribution in [0.15, 0.2) is 0 Å². The lowest BCUT2D eigenvalue weighted by atomic mass is 10.1. The zero-order valence-electron chi connectivity index (χ0n) is 17.0. The molecule has 0 rings (SSSR count). The summed E-state index contributed by atoms with van der Waals surface area (Å²) in [6.07, 6.45) is 5.02. The molecule has 0 aromatic carbocycles. The van der Waals surface area contributed by atoms with E-state index in [0.29, 0.717) is 17.7 Å². The molecular weight excluding hydrogens is 422 g/mol. The Bertz CT molecular complexity index is 691. The predicted octanol–water partition coefficient (Wildman–Crippen LogP) is 1.61. The highest BCUT2D eigenvalue weighted by Crippen LogP contribution is 2.16. The van der Waals surface area contributed by atoms with Crippen molar-refractivity contribution in [1.29, 1.82) is 0 Å². The van der Waals surface area contributed by atoms with Crippen molar-refractivity contribution in [2.24, 2.45) is 0 Å². The molecule has 2 atom stereocenters. The van der Waals surface area contributed by atoms with Gasteiger partial charge in [-0.1, -0.05) is 51.9 Å². The normalized spacial score (nSPS) is 13.4. The maximum atomic E-state index is 12.5. The van der Waals surface area contributed by atoms with Gasteiger partial charge in [-0.3, -0.25) is 18.9 Å². The SMILES string of the molecule is CCCCCCCCCCN(C(=O)CC(C(=O)O)S(=O)(=O)O)C(CC(=O)O)C(=O)O. The Balaban J connectivity index is 5.19. The van der Waals surface area contributed by atoms with Crippen LogP contribution in [0, 0.1) is 0 Å². The van der Waals surface area contributed by atoms with E-state index < -0.39 is 58.1 Å². The number of carboxylic acids is 3. The molecule has 0 bridgehead atoms. The molecule has 0 aliphatic heterocycles. The van der Waals surface area contributed by atoms with Gasteiger partial charge in [0.05, 0.1) is 12.8 Å². The van der Waals surface area contributed by atoms with Gasteiger partial charge in [-0.25, -0.2) is 4.79 Å². The van der Waals surface area contributed by atoms with Crippen LogP contribution in [0.4, 0.5) is 0 Å². The third kappa shape index (κ3) is 11.1. The largest absolute Gasteiger partial charge is 0.481 e. The highest BCUT2D eigenvalue weighted by Gasteiger charge is 2.38. The first kappa shape index (κ1) is 27.8. The Hall–Kier alpha value is -2.21. The number of amides is 1. The second-order valence-electron chi connectivity index (χ2n) is 7.06. The van der Waals surface area contributed by atoms with Crippen LogP contribution >= 0.6 is 0 Å². The smallest absolute Gasteiger partial charge is 0.327 e. The zero-order chi connectivity index (χ0) is 23.3. The van der Waals surface area contributed by atoms with Gasteiger partial charge in [-0.2, -0.15) is 8.42 Å². The standard InChI is InChI=1S/C18H31NO10S/c1-2-3-4-5-6-7-8-9-10-19(13(17(23)24)11-16(21)22)15(20)12-14(18(25)26)30(27,28)29/h13-14H,2-12H2,1H3,(H,21,22)(H,23,24)(H,25,26)(H,27,28,29). The van der Waals surface area contributed by atoms with E-state index in [1.165, 1.54) is 0 Å². The summed E-state index contributed by atoms with van der Waals surface area (Å²) < 4.78 is 31.4. The summed E-state index contributed by atoms with van der Waals surface area (Å²) in [5, 5.41) is 24.8. The molecule has 4 N–H and O–H groups in total. The second-order valence-corrected chi connectivity index (χ2v) is 8.66. The number of carbonyl (C=O) groups is 4. The van der Waals surface area contributed by atoms with Crippen LogP contribution in [0.1, 0.15) is 71.1 Å². The molecule has 0 aromatic rings. The van der Waals surface area contributed by atoms with Gasteiger partial charge < -0.3 is 20.2 Å². The summed E-state index contributed by atoms with van der Waals surface area (Å²) in [7, 11) is -5.11. The van der Waals surface area contributed by atoms with Crippen molar-refractivity contribution in [3.05, 3.63) is 0 Å². The Labute approximate surface area is 175 Å². The van der Waals surface area contributed by atoms with Gasteiger partial charge >= 0.3 is 17.9 Å². The molecule has 0 aliphatic carbocycles. The van der Waals surface area contributed by atoms with Crippen LogP contribution in [-0.4, -0.2) is 74.8 Å². The minimum absolute atomic E-state index is 0.171. The Kier molecular flexibility index (Phi) is 12.9. The summed E-state index contributed by atoms with van der Waals surface area (Å²) in [5.74, 6) is -6.23. The van der Waals surface area contributed by atoms with E-state index in [0.717, 1.165) is 38.5 Å². The summed E-state index contributed by atoms with van der Waals surface area (Å²) in [5.41, 5.74) is 0. The third-order valence-corrected chi connectivity index (χ3v) is 5.68. The number of rotatable bonds is 17. The van der Waals surface area contributed by atoms with E-state index in [1.54, 1.807) is 0 Å². The minimum atomic E-state index is -5.11. The third-order valence-electron chi connectivity index (χ3n) is 4.60. The fourth-order valence-corrected chi connectivity index (χ4v) is 3.57. The summed E-state index contributed by atoms with van der Waals surface area (Å²) in [6.45, 7) is 1.92. The quantitative estimate of drug-likeness (QED) is 0.186. The highest BCUT2D eigenvalue weighted by atomic mass is 32.2. The number of aliphatic carboxylic acids is 3. The van der Waals surface area contributed by atoms with Gasteiger partial charge in [0.1, 0.15) is 6.04 Å². The first-order chi connectivity index (χ1) is 13.9. The van der Waals surface area contributed by atoms with Crippen molar-refractivity contribution in [2.75, 3.05) is 6.54 Å². The summed E-state index contributed by atoms with van der Waals surface area (Å²) >= 11 is 0. The van der Waals surface area contributed by atoms with Crippen molar-refractivity contribution in [2.45, 2.75) is 82.4 Å². The van der Waals surface area contributed by atoms with E-state index in [4.69, 9.17) is 14.8 Å². The topological polar surface area (TPSA) is 187 Å². The fourth-order valence-electron chi connectivity index (χ4n) is 2.96. The second kappa shape index (κ2) is 13.9. The molecule has 0 spiro atoms. The molecule has 0 heterocycles. The van der Waals surface area contributed by atoms with Gasteiger partial charge in [-0.05, 0) is 6.42 Å². The molecule has 0 aromatic heterocycles. The molecule has 1 amide bonds. The molecule has 0 saturated carbocycles. The molecule has 11 nitrogen and oxygen atoms in total. The van der Waals surface area contributed by atoms with Crippen LogP contribution < -0.4 is 0 Å². The van der Waals surface area contributed by atoms with E-state index >= 15 is 0 Å². The number of unbranched alkanes of at least 4 members (excludes halogenated alkanes) is 7. The summed E-state index contributed by atoms with van der Waals surface area (Å²) in [4.78, 5) is 46.7. The molecule has 0 radical (unpaired) electrons. The molecule has 30 heavy (non-hydrogen) atoms. The van der Waals surface area contributed by atoms with Gasteiger partial charge in [0, 0.05) is 6.54 Å². The minimum Gasteiger partial charge on any atom is -0.481 e. The first-order valence-corrected chi connectivity index (χ1v) is 11.3. The number of carbonyl (C=O) groups excluding carboxylic acids is 1. The molecule has 2 unspecified atom stereocenters. The van der Waals surface area contributed by atoms with E-state index in [-0.39, 0.29) is 6.54 Å². The number of hydrogen-bond acceptors (Lipinski definition) is 6. The van der Waals surface area contributed by atoms with Gasteiger partial charge in [0.25, 0.3) is 10.1 Å². The maximum absolute atomic E-state index is 12.5. The van der Waals surface area contributed by atoms with E-state index in [2.05, 4.69) is 6.92 Å². The highest BCUT2D eigenvalue weighted by molar-refractivity contribution is 7.87. The Morgan fingerprint density at radius 2 is 1.30 bits per heavy atom. The number of hydrogen-bond donors (Lipinski definition) is 4. The number of carboxylic acid groups (broad SMARTS) is 3. The van der Waals surface area contributed by atoms with Crippen molar-refractivity contribution >= 4 is 33.9 Å². The maximum Gasteiger partial charge on any atom is 0.327 e. The van der Waals surface area contributed by atoms with Crippen LogP contribution in [0.3, 0.4) is 0 Å². The summed E-state index contributed by atoms with van der Waals surface area (Å²) in [6, 6.07) is -1.78. The van der Waals surface area contributed by atoms with Gasteiger partial charge in [0.2, 0.25) is 5.91 Å². The fraction of sp³-hybridized carbons (Fsp3) is 0.778. The van der Waals surface area contributed by atoms with Crippen LogP contribution in [0.25, 0.3) is 0 Å². The van der Waals surface area contributed by atoms with Crippen LogP contribution in [0.2, 0.25) is 0 Å². The zero-order valence-corrected chi connectivity index (χ0v) is 17.8. The van der Waals surface area contributed by atoms with Crippen molar-refractivity contribution in [1.82, 2.24) is 4.90 Å². The molecule has 0 aliphatic rings. The van der Waals surface area contributed by atoms with E-state index in [1.807, 2.05) is 0 Å². The van der Waals surface area contributed by atoms with Crippen molar-refractivity contribution < 1.29 is 47.5 Å². The van der Waals surface area contributed by atoms with Crippen molar-refractivity contribution in [3.63, 3.8) is 0 Å². The number of nitrogens with zero attached hydrogens (tertiary/aromatic N) is 1. The first-order valence-electron chi connectivity index (χ1n) is 9.85. The van der Waals surface area contributed by atoms with Gasteiger partial charge in [0.15, 0.2) is 5.25 Å². The molecule has 174 valence electrons. The van der Waals surface area contributed by atoms with E-state index in [9.17, 15) is 32.7 Å². The van der Waals surface area contributed by atoms with Crippen molar-refractivity contribution in [3.8, 4) is 0 Å². The lowest BCUT2D eigenvalue weighted by Gasteiger charge is -2.29. The van der Waals surface area contributed by atoms with Gasteiger partial charge in [-0.15, -0.1) is 0 Å². The molecule has 12 heteroatoms. The molecule has 0 saturated heterocycles. The molecular formula is C18H31NO10S. The average Bonchev–Trinajstić information content (AvgIpc) is 2.61. The monoisotopic (exact) mass is 453 g/mol. The lowest BCUT2D eigenvalue weighted by molar-refractivity contribution is -0.155. The Morgan fingerprint density at radius 3 is 1.70 bits per heavy atom. The predicted molar refractivity (Wildman–Crippen MR) is 106 cm³/mol. The van der Waals surface area contributed by atoms with Crippen LogP contribution in [-0.2, 0) is 29.3 Å². The Morgan fingerprint density at radius 1 is 0.800 bits per heavy atom. The molecule has 0 fully saturated rings. The van der Waals surface area contributed by atoms with Crippen LogP contribution in [0.5, 0.6) is 0 Å². The lowest BCUT2D eigenvalue weighted by Crippen LogP contribution is -2.48. The average molecular weight is 454 g/mol.